The molecule has 1 atom stereocenters. The third-order valence-corrected chi connectivity index (χ3v) is 5.14. The van der Waals surface area contributed by atoms with Gasteiger partial charge in [-0.15, -0.1) is 0 Å². The molecule has 4 rings (SSSR count). The summed E-state index contributed by atoms with van der Waals surface area (Å²) < 4.78 is 1.77. The summed E-state index contributed by atoms with van der Waals surface area (Å²) in [5.41, 5.74) is 2.63. The summed E-state index contributed by atoms with van der Waals surface area (Å²) in [4.78, 5) is 23.4. The Morgan fingerprint density at radius 2 is 2.07 bits per heavy atom. The molecule has 1 saturated heterocycles. The molecule has 1 amide bonds. The van der Waals surface area contributed by atoms with Crippen molar-refractivity contribution in [2.45, 2.75) is 26.3 Å². The topological polar surface area (TPSA) is 63.1 Å². The Morgan fingerprint density at radius 1 is 1.21 bits per heavy atom. The van der Waals surface area contributed by atoms with Crippen LogP contribution in [0.15, 0.2) is 61.3 Å². The number of rotatable bonds is 5. The standard InChI is InChI=1S/C22H25N5O/c1-17-3-2-11-26(14-17)15-18-4-6-20(7-5-18)25-22(28)19-8-9-24-21(13-19)27-12-10-23-16-27/h4-10,12-13,16-17H,2-3,11,14-15H2,1H3,(H,25,28)/t17-/m1/s1. The predicted octanol–water partition coefficient (Wildman–Crippen LogP) is 3.75. The minimum absolute atomic E-state index is 0.152. The molecule has 0 bridgehead atoms. The molecule has 3 aromatic rings. The highest BCUT2D eigenvalue weighted by Crippen LogP contribution is 2.19. The molecule has 1 aromatic carbocycles. The SMILES string of the molecule is C[C@@H]1CCCN(Cc2ccc(NC(=O)c3ccnc(-n4ccnc4)c3)cc2)C1. The molecule has 144 valence electrons. The summed E-state index contributed by atoms with van der Waals surface area (Å²) in [6.07, 6.45) is 9.38. The summed E-state index contributed by atoms with van der Waals surface area (Å²) >= 11 is 0. The highest BCUT2D eigenvalue weighted by molar-refractivity contribution is 6.04. The van der Waals surface area contributed by atoms with Crippen molar-refractivity contribution in [2.75, 3.05) is 18.4 Å². The highest BCUT2D eigenvalue weighted by Gasteiger charge is 2.16. The third kappa shape index (κ3) is 4.46. The van der Waals surface area contributed by atoms with Crippen LogP contribution in [0.1, 0.15) is 35.7 Å². The lowest BCUT2D eigenvalue weighted by Gasteiger charge is -2.30. The summed E-state index contributed by atoms with van der Waals surface area (Å²) in [5, 5.41) is 2.96. The minimum atomic E-state index is -0.152. The van der Waals surface area contributed by atoms with Crippen molar-refractivity contribution in [1.82, 2.24) is 19.4 Å². The number of aromatic nitrogens is 3. The van der Waals surface area contributed by atoms with Gasteiger partial charge in [0.15, 0.2) is 0 Å². The molecule has 1 N–H and O–H groups in total. The lowest BCUT2D eigenvalue weighted by atomic mass is 10.00. The maximum absolute atomic E-state index is 12.6. The molecule has 2 aromatic heterocycles. The Bertz CT molecular complexity index is 920. The van der Waals surface area contributed by atoms with E-state index in [0.29, 0.717) is 11.4 Å². The first-order chi connectivity index (χ1) is 13.7. The zero-order chi connectivity index (χ0) is 19.3. The fraction of sp³-hybridized carbons (Fsp3) is 0.318. The van der Waals surface area contributed by atoms with Crippen LogP contribution in [0.3, 0.4) is 0 Å². The van der Waals surface area contributed by atoms with Crippen LogP contribution in [0.5, 0.6) is 0 Å². The van der Waals surface area contributed by atoms with E-state index in [1.807, 2.05) is 12.1 Å². The van der Waals surface area contributed by atoms with Gasteiger partial charge in [0.2, 0.25) is 0 Å². The molecule has 1 aliphatic heterocycles. The van der Waals surface area contributed by atoms with Gasteiger partial charge in [0, 0.05) is 42.9 Å². The molecule has 0 saturated carbocycles. The number of nitrogens with one attached hydrogen (secondary N) is 1. The normalized spacial score (nSPS) is 17.4. The van der Waals surface area contributed by atoms with Gasteiger partial charge < -0.3 is 5.32 Å². The van der Waals surface area contributed by atoms with Crippen LogP contribution in [0.2, 0.25) is 0 Å². The maximum Gasteiger partial charge on any atom is 0.255 e. The van der Waals surface area contributed by atoms with Crippen molar-refractivity contribution in [1.29, 1.82) is 0 Å². The van der Waals surface area contributed by atoms with Crippen LogP contribution in [0.4, 0.5) is 5.69 Å². The zero-order valence-corrected chi connectivity index (χ0v) is 16.1. The minimum Gasteiger partial charge on any atom is -0.322 e. The largest absolute Gasteiger partial charge is 0.322 e. The maximum atomic E-state index is 12.6. The number of anilines is 1. The van der Waals surface area contributed by atoms with Crippen molar-refractivity contribution in [2.24, 2.45) is 5.92 Å². The Kier molecular flexibility index (Phi) is 5.48. The number of benzene rings is 1. The van der Waals surface area contributed by atoms with Gasteiger partial charge in [-0.3, -0.25) is 14.3 Å². The fourth-order valence-corrected chi connectivity index (χ4v) is 3.68. The second-order valence-corrected chi connectivity index (χ2v) is 7.51. The smallest absolute Gasteiger partial charge is 0.255 e. The van der Waals surface area contributed by atoms with Crippen LogP contribution in [0.25, 0.3) is 5.82 Å². The summed E-state index contributed by atoms with van der Waals surface area (Å²) in [7, 11) is 0. The summed E-state index contributed by atoms with van der Waals surface area (Å²) in [6.45, 7) is 5.63. The molecule has 0 aliphatic carbocycles. The Hall–Kier alpha value is -2.99. The lowest BCUT2D eigenvalue weighted by molar-refractivity contribution is 0.102. The van der Waals surface area contributed by atoms with Gasteiger partial charge in [-0.2, -0.15) is 0 Å². The van der Waals surface area contributed by atoms with E-state index in [1.54, 1.807) is 41.6 Å². The Balaban J connectivity index is 1.39. The van der Waals surface area contributed by atoms with Crippen LogP contribution in [-0.2, 0) is 6.54 Å². The van der Waals surface area contributed by atoms with E-state index in [9.17, 15) is 4.79 Å². The number of carbonyl (C=O) groups excluding carboxylic acids is 1. The van der Waals surface area contributed by atoms with Gasteiger partial charge in [0.1, 0.15) is 12.1 Å². The van der Waals surface area contributed by atoms with Crippen molar-refractivity contribution in [3.63, 3.8) is 0 Å². The predicted molar refractivity (Wildman–Crippen MR) is 109 cm³/mol. The average Bonchev–Trinajstić information content (AvgIpc) is 3.25. The number of nitrogens with zero attached hydrogens (tertiary/aromatic N) is 4. The van der Waals surface area contributed by atoms with E-state index in [4.69, 9.17) is 0 Å². The molecule has 3 heterocycles. The van der Waals surface area contributed by atoms with Crippen molar-refractivity contribution < 1.29 is 4.79 Å². The summed E-state index contributed by atoms with van der Waals surface area (Å²) in [6, 6.07) is 11.6. The van der Waals surface area contributed by atoms with Crippen molar-refractivity contribution in [3.05, 3.63) is 72.4 Å². The molecule has 6 heteroatoms. The van der Waals surface area contributed by atoms with Crippen LogP contribution < -0.4 is 5.32 Å². The molecule has 0 unspecified atom stereocenters. The second kappa shape index (κ2) is 8.35. The zero-order valence-electron chi connectivity index (χ0n) is 16.1. The van der Waals surface area contributed by atoms with E-state index in [2.05, 4.69) is 39.2 Å². The van der Waals surface area contributed by atoms with E-state index in [-0.39, 0.29) is 5.91 Å². The molecule has 1 fully saturated rings. The monoisotopic (exact) mass is 375 g/mol. The number of pyridine rings is 1. The lowest BCUT2D eigenvalue weighted by Crippen LogP contribution is -2.33. The summed E-state index contributed by atoms with van der Waals surface area (Å²) in [5.74, 6) is 1.29. The van der Waals surface area contributed by atoms with Gasteiger partial charge in [0.25, 0.3) is 5.91 Å². The van der Waals surface area contributed by atoms with Crippen LogP contribution in [-0.4, -0.2) is 38.4 Å². The first kappa shape index (κ1) is 18.4. The molecule has 6 nitrogen and oxygen atoms in total. The number of carbonyl (C=O) groups is 1. The fourth-order valence-electron chi connectivity index (χ4n) is 3.68. The van der Waals surface area contributed by atoms with E-state index < -0.39 is 0 Å². The van der Waals surface area contributed by atoms with E-state index in [0.717, 1.165) is 18.2 Å². The average molecular weight is 375 g/mol. The van der Waals surface area contributed by atoms with Crippen molar-refractivity contribution >= 4 is 11.6 Å². The molecular weight excluding hydrogens is 350 g/mol. The molecule has 0 radical (unpaired) electrons. The molecular formula is C22H25N5O. The number of piperidine rings is 1. The number of amides is 1. The van der Waals surface area contributed by atoms with Gasteiger partial charge in [-0.1, -0.05) is 19.1 Å². The second-order valence-electron chi connectivity index (χ2n) is 7.51. The molecule has 28 heavy (non-hydrogen) atoms. The van der Waals surface area contributed by atoms with E-state index in [1.165, 1.54) is 31.5 Å². The first-order valence-electron chi connectivity index (χ1n) is 9.74. The Labute approximate surface area is 165 Å². The molecule has 0 spiro atoms. The van der Waals surface area contributed by atoms with Gasteiger partial charge in [0.05, 0.1) is 0 Å². The van der Waals surface area contributed by atoms with E-state index >= 15 is 0 Å². The highest BCUT2D eigenvalue weighted by atomic mass is 16.1. The molecule has 1 aliphatic rings. The van der Waals surface area contributed by atoms with Crippen LogP contribution >= 0.6 is 0 Å². The van der Waals surface area contributed by atoms with Gasteiger partial charge in [-0.05, 0) is 55.1 Å². The van der Waals surface area contributed by atoms with Crippen LogP contribution in [0, 0.1) is 5.92 Å². The Morgan fingerprint density at radius 3 is 2.82 bits per heavy atom. The number of hydrogen-bond acceptors (Lipinski definition) is 4. The quantitative estimate of drug-likeness (QED) is 0.738. The van der Waals surface area contributed by atoms with Crippen molar-refractivity contribution in [3.8, 4) is 5.82 Å². The number of likely N-dealkylation sites (tertiary alicyclic amines) is 1. The van der Waals surface area contributed by atoms with Gasteiger partial charge >= 0.3 is 0 Å². The number of hydrogen-bond donors (Lipinski definition) is 1. The first-order valence-corrected chi connectivity index (χ1v) is 9.74. The number of imidazole rings is 1. The van der Waals surface area contributed by atoms with Gasteiger partial charge in [-0.25, -0.2) is 9.97 Å². The third-order valence-electron chi connectivity index (χ3n) is 5.14.